The number of rotatable bonds is 11. The van der Waals surface area contributed by atoms with Crippen LogP contribution in [0.1, 0.15) is 31.2 Å². The maximum absolute atomic E-state index is 12.6. The van der Waals surface area contributed by atoms with Gasteiger partial charge in [0, 0.05) is 23.8 Å². The van der Waals surface area contributed by atoms with Crippen LogP contribution in [-0.4, -0.2) is 57.2 Å². The van der Waals surface area contributed by atoms with Crippen molar-refractivity contribution in [3.05, 3.63) is 44.1 Å². The summed E-state index contributed by atoms with van der Waals surface area (Å²) in [5.74, 6) is 0.989. The molecule has 9 nitrogen and oxygen atoms in total. The van der Waals surface area contributed by atoms with Gasteiger partial charge in [-0.2, -0.15) is 11.8 Å². The van der Waals surface area contributed by atoms with Crippen molar-refractivity contribution in [2.24, 2.45) is 0 Å². The van der Waals surface area contributed by atoms with Gasteiger partial charge in [-0.3, -0.25) is 4.79 Å². The molecule has 14 heteroatoms. The van der Waals surface area contributed by atoms with Crippen molar-refractivity contribution in [1.29, 1.82) is 0 Å². The van der Waals surface area contributed by atoms with Crippen LogP contribution in [0.15, 0.2) is 24.3 Å². The highest BCUT2D eigenvalue weighted by molar-refractivity contribution is 14.1. The third kappa shape index (κ3) is 8.30. The van der Waals surface area contributed by atoms with E-state index in [9.17, 15) is 24.6 Å². The zero-order chi connectivity index (χ0) is 28.3. The van der Waals surface area contributed by atoms with Crippen LogP contribution in [0.3, 0.4) is 0 Å². The topological polar surface area (TPSA) is 137 Å². The zero-order valence-corrected chi connectivity index (χ0v) is 29.8. The lowest BCUT2D eigenvalue weighted by atomic mass is 10.0. The van der Waals surface area contributed by atoms with Gasteiger partial charge in [-0.25, -0.2) is 9.59 Å². The molecule has 2 saturated heterocycles. The van der Waals surface area contributed by atoms with E-state index in [4.69, 9.17) is 4.74 Å². The largest absolute Gasteiger partial charge is 0.506 e. The average Bonchev–Trinajstić information content (AvgIpc) is 3.41. The number of phenols is 1. The van der Waals surface area contributed by atoms with Crippen molar-refractivity contribution in [2.75, 3.05) is 5.75 Å². The number of aromatic hydroxyl groups is 1. The molecule has 210 valence electrons. The van der Waals surface area contributed by atoms with Crippen LogP contribution in [0.5, 0.6) is 17.2 Å². The molecule has 0 bridgehead atoms. The summed E-state index contributed by atoms with van der Waals surface area (Å²) in [4.78, 5) is 36.0. The van der Waals surface area contributed by atoms with Gasteiger partial charge < -0.3 is 30.9 Å². The molecule has 4 rings (SSSR count). The predicted molar refractivity (Wildman–Crippen MR) is 183 cm³/mol. The number of phenolic OH excluding ortho intramolecular Hbond substituents is 1. The van der Waals surface area contributed by atoms with Gasteiger partial charge in [-0.1, -0.05) is 6.42 Å². The van der Waals surface area contributed by atoms with Gasteiger partial charge in [-0.15, -0.1) is 0 Å². The van der Waals surface area contributed by atoms with Crippen LogP contribution < -0.4 is 20.7 Å². The fraction of sp³-hybridized carbons (Fsp3) is 0.400. The van der Waals surface area contributed by atoms with E-state index in [1.807, 2.05) is 69.1 Å². The minimum Gasteiger partial charge on any atom is -0.506 e. The summed E-state index contributed by atoms with van der Waals surface area (Å²) in [5, 5.41) is 28.7. The SMILES string of the molecule is O=C(CCCC[C@@H]1SC[C@@H]2NC(=O)N[C@@H]21)N[C@@H](Cc1cc(I)c(Oc2cc(I)c(O)c(I)c2)c(I)c1)C(=O)O. The smallest absolute Gasteiger partial charge is 0.326 e. The average molecular weight is 1000 g/mol. The highest BCUT2D eigenvalue weighted by Crippen LogP contribution is 2.37. The normalized spacial score (nSPS) is 20.6. The van der Waals surface area contributed by atoms with Crippen LogP contribution in [0.2, 0.25) is 0 Å². The van der Waals surface area contributed by atoms with Crippen LogP contribution >= 0.6 is 102 Å². The van der Waals surface area contributed by atoms with E-state index in [0.717, 1.165) is 31.3 Å². The fourth-order valence-electron chi connectivity index (χ4n) is 4.52. The second kappa shape index (κ2) is 14.1. The summed E-state index contributed by atoms with van der Waals surface area (Å²) in [7, 11) is 0. The lowest BCUT2D eigenvalue weighted by Gasteiger charge is -2.18. The quantitative estimate of drug-likeness (QED) is 0.115. The molecule has 2 fully saturated rings. The molecule has 3 amide bonds. The molecule has 0 spiro atoms. The number of nitrogens with one attached hydrogen (secondary N) is 3. The monoisotopic (exact) mass is 1000 g/mol. The minimum absolute atomic E-state index is 0.108. The molecule has 2 aliphatic rings. The Kier molecular flexibility index (Phi) is 11.4. The summed E-state index contributed by atoms with van der Waals surface area (Å²) in [6.45, 7) is 0. The Labute approximate surface area is 284 Å². The summed E-state index contributed by atoms with van der Waals surface area (Å²) >= 11 is 10.2. The summed E-state index contributed by atoms with van der Waals surface area (Å²) in [6.07, 6.45) is 2.80. The molecule has 5 N–H and O–H groups in total. The zero-order valence-electron chi connectivity index (χ0n) is 20.3. The second-order valence-electron chi connectivity index (χ2n) is 9.26. The number of amides is 3. The van der Waals surface area contributed by atoms with Crippen LogP contribution in [-0.2, 0) is 16.0 Å². The van der Waals surface area contributed by atoms with E-state index in [2.05, 4.69) is 61.1 Å². The minimum atomic E-state index is -1.08. The Balaban J connectivity index is 1.29. The maximum atomic E-state index is 12.6. The van der Waals surface area contributed by atoms with Crippen molar-refractivity contribution in [3.63, 3.8) is 0 Å². The molecular weight excluding hydrogens is 978 g/mol. The van der Waals surface area contributed by atoms with Gasteiger partial charge in [0.25, 0.3) is 0 Å². The Morgan fingerprint density at radius 3 is 2.36 bits per heavy atom. The number of urea groups is 1. The number of aliphatic carboxylic acids is 1. The van der Waals surface area contributed by atoms with Crippen LogP contribution in [0, 0.1) is 14.3 Å². The van der Waals surface area contributed by atoms with E-state index >= 15 is 0 Å². The summed E-state index contributed by atoms with van der Waals surface area (Å²) < 4.78 is 9.08. The summed E-state index contributed by atoms with van der Waals surface area (Å²) in [6, 6.07) is 6.40. The van der Waals surface area contributed by atoms with E-state index in [1.54, 1.807) is 12.1 Å². The first-order chi connectivity index (χ1) is 18.5. The molecule has 0 aliphatic carbocycles. The molecule has 2 aromatic carbocycles. The number of ether oxygens (including phenoxy) is 1. The Hall–Kier alpha value is -0.480. The number of unbranched alkanes of at least 4 members (excludes halogenated alkanes) is 1. The lowest BCUT2D eigenvalue weighted by Crippen LogP contribution is -2.42. The highest BCUT2D eigenvalue weighted by atomic mass is 127. The lowest BCUT2D eigenvalue weighted by molar-refractivity contribution is -0.141. The third-order valence-corrected chi connectivity index (χ3v) is 11.2. The number of benzene rings is 2. The van der Waals surface area contributed by atoms with Gasteiger partial charge >= 0.3 is 12.0 Å². The molecule has 2 aromatic rings. The highest BCUT2D eigenvalue weighted by Gasteiger charge is 2.42. The Bertz CT molecular complexity index is 1240. The molecule has 4 atom stereocenters. The van der Waals surface area contributed by atoms with E-state index in [0.29, 0.717) is 30.3 Å². The molecule has 0 radical (unpaired) electrons. The van der Waals surface area contributed by atoms with Gasteiger partial charge in [0.15, 0.2) is 5.75 Å². The molecular formula is C25H25I4N3O6S. The number of hydrogen-bond donors (Lipinski definition) is 5. The van der Waals surface area contributed by atoms with Crippen molar-refractivity contribution in [1.82, 2.24) is 16.0 Å². The van der Waals surface area contributed by atoms with Gasteiger partial charge in [0.2, 0.25) is 5.91 Å². The first-order valence-electron chi connectivity index (χ1n) is 12.1. The first kappa shape index (κ1) is 31.5. The number of carbonyl (C=O) groups is 3. The number of thioether (sulfide) groups is 1. The van der Waals surface area contributed by atoms with Gasteiger partial charge in [0.05, 0.1) is 26.4 Å². The first-order valence-corrected chi connectivity index (χ1v) is 17.4. The van der Waals surface area contributed by atoms with Crippen molar-refractivity contribution < 1.29 is 29.3 Å². The maximum Gasteiger partial charge on any atom is 0.326 e. The predicted octanol–water partition coefficient (Wildman–Crippen LogP) is 5.44. The van der Waals surface area contributed by atoms with Crippen molar-refractivity contribution in [2.45, 2.75) is 55.5 Å². The van der Waals surface area contributed by atoms with Gasteiger partial charge in [-0.05, 0) is 133 Å². The Morgan fingerprint density at radius 1 is 1.05 bits per heavy atom. The third-order valence-electron chi connectivity index (χ3n) is 6.42. The molecule has 2 heterocycles. The molecule has 0 aromatic heterocycles. The van der Waals surface area contributed by atoms with Crippen molar-refractivity contribution in [3.8, 4) is 17.2 Å². The molecule has 0 unspecified atom stereocenters. The summed E-state index contributed by atoms with van der Waals surface area (Å²) in [5.41, 5.74) is 0.777. The van der Waals surface area contributed by atoms with Crippen molar-refractivity contribution >= 4 is 120 Å². The molecule has 39 heavy (non-hydrogen) atoms. The second-order valence-corrected chi connectivity index (χ2v) is 15.2. The Morgan fingerprint density at radius 2 is 1.72 bits per heavy atom. The number of halogens is 4. The molecule has 2 aliphatic heterocycles. The van der Waals surface area contributed by atoms with E-state index in [1.165, 1.54) is 0 Å². The van der Waals surface area contributed by atoms with Crippen LogP contribution in [0.25, 0.3) is 0 Å². The van der Waals surface area contributed by atoms with E-state index < -0.39 is 12.0 Å². The number of hydrogen-bond acceptors (Lipinski definition) is 6. The van der Waals surface area contributed by atoms with Crippen LogP contribution in [0.4, 0.5) is 4.79 Å². The number of fused-ring (bicyclic) bond motifs is 1. The number of carboxylic acid groups (broad SMARTS) is 1. The van der Waals surface area contributed by atoms with E-state index in [-0.39, 0.29) is 42.6 Å². The standard InChI is InChI=1S/C25H25I4N3O6S/c26-13-8-12(9-14(27)22(13)34)38-23-15(28)5-11(6-16(23)29)7-17(24(35)36)30-20(33)4-2-1-3-19-21-18(10-39-19)31-25(37)32-21/h5-6,8-9,17-19,21,34H,1-4,7,10H2,(H,30,33)(H,35,36)(H2,31,32,37)/t17-,18-,19-,21-/m0/s1. The molecule has 0 saturated carbocycles. The fourth-order valence-corrected chi connectivity index (χ4v) is 9.89. The number of carbonyl (C=O) groups excluding carboxylic acids is 2. The van der Waals surface area contributed by atoms with Gasteiger partial charge in [0.1, 0.15) is 17.5 Å². The number of carboxylic acids is 1.